The summed E-state index contributed by atoms with van der Waals surface area (Å²) in [7, 11) is 0. The standard InChI is InChI=1S/C25H24F3N5O2/c1-24(2,3)35-23(34)33-13-16(12-29)20(14-33)30-22-19-7-5-4-6-18(19)21(31-32-22)15-8-10-17(11-9-15)25(26,27)28/h4-11,16,20H,13-14H2,1-3H3,(H,30,32)/t16-,20+/m0/s1. The molecule has 2 aromatic carbocycles. The molecule has 4 rings (SSSR count). The Balaban J connectivity index is 1.62. The summed E-state index contributed by atoms with van der Waals surface area (Å²) >= 11 is 0. The van der Waals surface area contributed by atoms with E-state index in [4.69, 9.17) is 4.74 Å². The summed E-state index contributed by atoms with van der Waals surface area (Å²) in [6.07, 6.45) is -4.91. The number of ether oxygens (including phenoxy) is 1. The molecule has 35 heavy (non-hydrogen) atoms. The van der Waals surface area contributed by atoms with Crippen LogP contribution in [0.5, 0.6) is 0 Å². The molecular weight excluding hydrogens is 459 g/mol. The molecule has 1 amide bonds. The number of fused-ring (bicyclic) bond motifs is 1. The molecule has 182 valence electrons. The van der Waals surface area contributed by atoms with Gasteiger partial charge in [0.2, 0.25) is 0 Å². The molecule has 0 spiro atoms. The Morgan fingerprint density at radius 3 is 2.31 bits per heavy atom. The first-order valence-corrected chi connectivity index (χ1v) is 11.0. The van der Waals surface area contributed by atoms with Crippen LogP contribution in [0.2, 0.25) is 0 Å². The van der Waals surface area contributed by atoms with Gasteiger partial charge >= 0.3 is 12.3 Å². The Morgan fingerprint density at radius 2 is 1.71 bits per heavy atom. The Kier molecular flexibility index (Phi) is 6.28. The quantitative estimate of drug-likeness (QED) is 0.530. The number of anilines is 1. The maximum absolute atomic E-state index is 12.9. The maximum atomic E-state index is 12.9. The van der Waals surface area contributed by atoms with Gasteiger partial charge in [-0.15, -0.1) is 10.2 Å². The molecule has 1 saturated heterocycles. The highest BCUT2D eigenvalue weighted by atomic mass is 19.4. The van der Waals surface area contributed by atoms with E-state index in [0.29, 0.717) is 27.8 Å². The zero-order valence-electron chi connectivity index (χ0n) is 19.4. The molecule has 2 heterocycles. The zero-order chi connectivity index (χ0) is 25.4. The molecule has 7 nitrogen and oxygen atoms in total. The number of carbonyl (C=O) groups is 1. The van der Waals surface area contributed by atoms with Gasteiger partial charge in [-0.25, -0.2) is 4.79 Å². The Morgan fingerprint density at radius 1 is 1.06 bits per heavy atom. The number of rotatable bonds is 3. The Labute approximate surface area is 200 Å². The molecular formula is C25H24F3N5O2. The van der Waals surface area contributed by atoms with Crippen LogP contribution in [0.15, 0.2) is 48.5 Å². The van der Waals surface area contributed by atoms with Crippen molar-refractivity contribution in [1.82, 2.24) is 15.1 Å². The highest BCUT2D eigenvalue weighted by Crippen LogP contribution is 2.34. The van der Waals surface area contributed by atoms with Gasteiger partial charge in [0, 0.05) is 29.4 Å². The number of nitrogens with zero attached hydrogens (tertiary/aromatic N) is 4. The lowest BCUT2D eigenvalue weighted by Gasteiger charge is -2.24. The maximum Gasteiger partial charge on any atom is 0.416 e. The van der Waals surface area contributed by atoms with E-state index in [9.17, 15) is 23.2 Å². The van der Waals surface area contributed by atoms with Crippen molar-refractivity contribution < 1.29 is 22.7 Å². The number of hydrogen-bond donors (Lipinski definition) is 1. The fourth-order valence-corrected chi connectivity index (χ4v) is 3.97. The predicted molar refractivity (Wildman–Crippen MR) is 124 cm³/mol. The van der Waals surface area contributed by atoms with Crippen LogP contribution >= 0.6 is 0 Å². The van der Waals surface area contributed by atoms with Gasteiger partial charge in [-0.1, -0.05) is 36.4 Å². The van der Waals surface area contributed by atoms with Crippen molar-refractivity contribution in [3.8, 4) is 17.3 Å². The van der Waals surface area contributed by atoms with Crippen LogP contribution in [0.3, 0.4) is 0 Å². The van der Waals surface area contributed by atoms with Gasteiger partial charge in [0.25, 0.3) is 0 Å². The number of alkyl halides is 3. The molecule has 1 aromatic heterocycles. The third-order valence-electron chi connectivity index (χ3n) is 5.63. The average Bonchev–Trinajstić information content (AvgIpc) is 3.21. The Bertz CT molecular complexity index is 1280. The number of amides is 1. The van der Waals surface area contributed by atoms with Crippen LogP contribution in [-0.2, 0) is 10.9 Å². The summed E-state index contributed by atoms with van der Waals surface area (Å²) in [6.45, 7) is 5.80. The van der Waals surface area contributed by atoms with Crippen molar-refractivity contribution >= 4 is 22.7 Å². The molecule has 0 radical (unpaired) electrons. The lowest BCUT2D eigenvalue weighted by atomic mass is 10.0. The molecule has 2 atom stereocenters. The molecule has 0 bridgehead atoms. The number of benzene rings is 2. The summed E-state index contributed by atoms with van der Waals surface area (Å²) in [4.78, 5) is 14.0. The van der Waals surface area contributed by atoms with E-state index < -0.39 is 35.4 Å². The first kappa shape index (κ1) is 24.3. The molecule has 0 aliphatic carbocycles. The van der Waals surface area contributed by atoms with Crippen molar-refractivity contribution in [2.75, 3.05) is 18.4 Å². The molecule has 0 unspecified atom stereocenters. The van der Waals surface area contributed by atoms with Crippen LogP contribution in [0.4, 0.5) is 23.8 Å². The Hall–Kier alpha value is -3.87. The summed E-state index contributed by atoms with van der Waals surface area (Å²) in [5.41, 5.74) is -0.450. The largest absolute Gasteiger partial charge is 0.444 e. The number of hydrogen-bond acceptors (Lipinski definition) is 6. The van der Waals surface area contributed by atoms with Gasteiger partial charge < -0.3 is 15.0 Å². The van der Waals surface area contributed by atoms with Gasteiger partial charge in [0.15, 0.2) is 5.82 Å². The number of carbonyl (C=O) groups excluding carboxylic acids is 1. The minimum atomic E-state index is -4.42. The van der Waals surface area contributed by atoms with Gasteiger partial charge in [-0.3, -0.25) is 0 Å². The number of nitriles is 1. The summed E-state index contributed by atoms with van der Waals surface area (Å²) in [6, 6.07) is 13.8. The van der Waals surface area contributed by atoms with Crippen LogP contribution in [-0.4, -0.2) is 45.9 Å². The van der Waals surface area contributed by atoms with Crippen molar-refractivity contribution in [3.05, 3.63) is 54.1 Å². The third kappa shape index (κ3) is 5.29. The van der Waals surface area contributed by atoms with Crippen molar-refractivity contribution in [3.63, 3.8) is 0 Å². The second-order valence-electron chi connectivity index (χ2n) is 9.39. The lowest BCUT2D eigenvalue weighted by molar-refractivity contribution is -0.137. The third-order valence-corrected chi connectivity index (χ3v) is 5.63. The first-order valence-electron chi connectivity index (χ1n) is 11.0. The molecule has 1 fully saturated rings. The smallest absolute Gasteiger partial charge is 0.416 e. The van der Waals surface area contributed by atoms with Crippen LogP contribution in [0.1, 0.15) is 26.3 Å². The average molecular weight is 483 g/mol. The molecule has 1 N–H and O–H groups in total. The van der Waals surface area contributed by atoms with E-state index in [2.05, 4.69) is 21.6 Å². The van der Waals surface area contributed by atoms with Gasteiger partial charge in [-0.05, 0) is 32.9 Å². The lowest BCUT2D eigenvalue weighted by Crippen LogP contribution is -2.36. The molecule has 3 aromatic rings. The summed E-state index contributed by atoms with van der Waals surface area (Å²) in [5.74, 6) is -0.0646. The van der Waals surface area contributed by atoms with E-state index in [-0.39, 0.29) is 13.1 Å². The number of nitrogens with one attached hydrogen (secondary N) is 1. The molecule has 1 aliphatic rings. The van der Waals surface area contributed by atoms with E-state index in [1.165, 1.54) is 17.0 Å². The van der Waals surface area contributed by atoms with Crippen molar-refractivity contribution in [2.24, 2.45) is 5.92 Å². The van der Waals surface area contributed by atoms with Gasteiger partial charge in [-0.2, -0.15) is 18.4 Å². The van der Waals surface area contributed by atoms with Crippen molar-refractivity contribution in [1.29, 1.82) is 5.26 Å². The number of aromatic nitrogens is 2. The zero-order valence-corrected chi connectivity index (χ0v) is 19.4. The second-order valence-corrected chi connectivity index (χ2v) is 9.39. The molecule has 1 aliphatic heterocycles. The highest BCUT2D eigenvalue weighted by molar-refractivity contribution is 6.00. The van der Waals surface area contributed by atoms with Crippen molar-refractivity contribution in [2.45, 2.75) is 38.6 Å². The monoisotopic (exact) mass is 483 g/mol. The van der Waals surface area contributed by atoms with E-state index >= 15 is 0 Å². The SMILES string of the molecule is CC(C)(C)OC(=O)N1C[C@H](C#N)[C@H](Nc2nnc(-c3ccc(C(F)(F)F)cc3)c3ccccc23)C1. The van der Waals surface area contributed by atoms with Gasteiger partial charge in [0.1, 0.15) is 11.3 Å². The number of halogens is 3. The predicted octanol–water partition coefficient (Wildman–Crippen LogP) is 5.49. The van der Waals surface area contributed by atoms with E-state index in [1.54, 1.807) is 26.8 Å². The summed E-state index contributed by atoms with van der Waals surface area (Å²) in [5, 5.41) is 22.9. The summed E-state index contributed by atoms with van der Waals surface area (Å²) < 4.78 is 44.3. The van der Waals surface area contributed by atoms with Crippen LogP contribution < -0.4 is 5.32 Å². The van der Waals surface area contributed by atoms with E-state index in [0.717, 1.165) is 12.1 Å². The van der Waals surface area contributed by atoms with Gasteiger partial charge in [0.05, 0.1) is 23.6 Å². The van der Waals surface area contributed by atoms with Crippen LogP contribution in [0.25, 0.3) is 22.0 Å². The van der Waals surface area contributed by atoms with E-state index in [1.807, 2.05) is 18.2 Å². The second kappa shape index (κ2) is 9.06. The fourth-order valence-electron chi connectivity index (χ4n) is 3.97. The first-order chi connectivity index (χ1) is 16.5. The topological polar surface area (TPSA) is 91.1 Å². The highest BCUT2D eigenvalue weighted by Gasteiger charge is 2.38. The molecule has 10 heteroatoms. The normalized spacial score (nSPS) is 18.4. The minimum absolute atomic E-state index is 0.220. The minimum Gasteiger partial charge on any atom is -0.444 e. The van der Waals surface area contributed by atoms with Crippen LogP contribution in [0, 0.1) is 17.2 Å². The fraction of sp³-hybridized carbons (Fsp3) is 0.360. The number of likely N-dealkylation sites (tertiary alicyclic amines) is 1. The molecule has 0 saturated carbocycles.